The Morgan fingerprint density at radius 1 is 1.33 bits per heavy atom. The molecule has 4 heterocycles. The van der Waals surface area contributed by atoms with E-state index >= 15 is 0 Å². The third-order valence-corrected chi connectivity index (χ3v) is 5.54. The molecule has 0 amide bonds. The zero-order valence-corrected chi connectivity index (χ0v) is 16.5. The number of hydrazine groups is 1. The molecule has 0 saturated heterocycles. The largest absolute Gasteiger partial charge is 0.385 e. The number of hydrogen-bond acceptors (Lipinski definition) is 5. The van der Waals surface area contributed by atoms with Crippen LogP contribution in [-0.4, -0.2) is 38.2 Å². The van der Waals surface area contributed by atoms with Crippen molar-refractivity contribution < 1.29 is 5.11 Å². The predicted octanol–water partition coefficient (Wildman–Crippen LogP) is 2.22. The van der Waals surface area contributed by atoms with Crippen molar-refractivity contribution in [3.8, 4) is 0 Å². The highest BCUT2D eigenvalue weighted by atomic mass is 16.3. The standard InChI is InChI=1S/C21H27N5O/c1-14-10-16-17-13-25(3)23-9-7-19(17)26(4)20(16)18(24-14)11-21(2,27)15-6-5-8-22-12-15/h5-6,8,10,12,23,27H,7,9,11,13H2,1-4H3. The quantitative estimate of drug-likeness (QED) is 0.745. The number of aryl methyl sites for hydroxylation is 2. The Labute approximate surface area is 159 Å². The van der Waals surface area contributed by atoms with Gasteiger partial charge in [-0.1, -0.05) is 6.07 Å². The molecule has 3 aromatic heterocycles. The van der Waals surface area contributed by atoms with Crippen LogP contribution < -0.4 is 5.43 Å². The molecule has 2 N–H and O–H groups in total. The van der Waals surface area contributed by atoms with Crippen LogP contribution in [0.4, 0.5) is 0 Å². The van der Waals surface area contributed by atoms with Crippen molar-refractivity contribution >= 4 is 10.9 Å². The molecule has 1 unspecified atom stereocenters. The van der Waals surface area contributed by atoms with E-state index in [1.807, 2.05) is 26.0 Å². The van der Waals surface area contributed by atoms with Gasteiger partial charge >= 0.3 is 0 Å². The van der Waals surface area contributed by atoms with Gasteiger partial charge in [-0.15, -0.1) is 0 Å². The summed E-state index contributed by atoms with van der Waals surface area (Å²) in [6, 6.07) is 5.95. The molecule has 0 saturated carbocycles. The first-order valence-corrected chi connectivity index (χ1v) is 9.41. The molecule has 1 aliphatic rings. The maximum absolute atomic E-state index is 11.2. The first-order valence-electron chi connectivity index (χ1n) is 9.41. The van der Waals surface area contributed by atoms with E-state index in [1.54, 1.807) is 12.4 Å². The van der Waals surface area contributed by atoms with Crippen molar-refractivity contribution in [1.29, 1.82) is 0 Å². The molecule has 1 aliphatic heterocycles. The highest BCUT2D eigenvalue weighted by Crippen LogP contribution is 2.33. The molecule has 0 bridgehead atoms. The number of nitrogens with one attached hydrogen (secondary N) is 1. The van der Waals surface area contributed by atoms with Crippen molar-refractivity contribution in [1.82, 2.24) is 25.0 Å². The van der Waals surface area contributed by atoms with Crippen molar-refractivity contribution in [2.75, 3.05) is 13.6 Å². The van der Waals surface area contributed by atoms with E-state index in [0.29, 0.717) is 6.42 Å². The SMILES string of the molecule is Cc1cc2c3c(n(C)c2c(CC(C)(O)c2cccnc2)n1)CCNN(C)C3. The number of hydrogen-bond donors (Lipinski definition) is 2. The fraction of sp³-hybridized carbons (Fsp3) is 0.429. The molecule has 1 atom stereocenters. The van der Waals surface area contributed by atoms with Gasteiger partial charge in [0.1, 0.15) is 0 Å². The van der Waals surface area contributed by atoms with Gasteiger partial charge in [-0.3, -0.25) is 15.4 Å². The van der Waals surface area contributed by atoms with Crippen LogP contribution in [0.1, 0.15) is 35.1 Å². The van der Waals surface area contributed by atoms with Gasteiger partial charge in [-0.2, -0.15) is 0 Å². The Bertz CT molecular complexity index is 977. The molecule has 6 nitrogen and oxygen atoms in total. The molecular weight excluding hydrogens is 338 g/mol. The first-order chi connectivity index (χ1) is 12.9. The zero-order valence-electron chi connectivity index (χ0n) is 16.5. The summed E-state index contributed by atoms with van der Waals surface area (Å²) < 4.78 is 2.27. The van der Waals surface area contributed by atoms with E-state index in [-0.39, 0.29) is 0 Å². The highest BCUT2D eigenvalue weighted by molar-refractivity contribution is 5.88. The fourth-order valence-corrected chi connectivity index (χ4v) is 4.21. The molecule has 4 rings (SSSR count). The monoisotopic (exact) mass is 365 g/mol. The number of aromatic nitrogens is 3. The highest BCUT2D eigenvalue weighted by Gasteiger charge is 2.28. The minimum absolute atomic E-state index is 0.446. The van der Waals surface area contributed by atoms with Crippen LogP contribution >= 0.6 is 0 Å². The van der Waals surface area contributed by atoms with Crippen LogP contribution in [0.25, 0.3) is 10.9 Å². The zero-order chi connectivity index (χ0) is 19.2. The summed E-state index contributed by atoms with van der Waals surface area (Å²) >= 11 is 0. The Morgan fingerprint density at radius 2 is 2.15 bits per heavy atom. The van der Waals surface area contributed by atoms with E-state index in [2.05, 4.69) is 40.1 Å². The maximum atomic E-state index is 11.2. The number of aliphatic hydroxyl groups is 1. The Balaban J connectivity index is 1.86. The molecule has 0 spiro atoms. The second-order valence-electron chi connectivity index (χ2n) is 7.80. The third kappa shape index (κ3) is 3.25. The van der Waals surface area contributed by atoms with Gasteiger partial charge in [-0.25, -0.2) is 5.01 Å². The number of fused-ring (bicyclic) bond motifs is 3. The van der Waals surface area contributed by atoms with E-state index in [0.717, 1.165) is 42.0 Å². The molecular formula is C21H27N5O. The summed E-state index contributed by atoms with van der Waals surface area (Å²) in [5, 5.41) is 14.6. The van der Waals surface area contributed by atoms with Crippen molar-refractivity contribution in [3.63, 3.8) is 0 Å². The van der Waals surface area contributed by atoms with Crippen molar-refractivity contribution in [2.24, 2.45) is 7.05 Å². The van der Waals surface area contributed by atoms with E-state index < -0.39 is 5.60 Å². The lowest BCUT2D eigenvalue weighted by Crippen LogP contribution is -2.33. The molecule has 0 fully saturated rings. The summed E-state index contributed by atoms with van der Waals surface area (Å²) in [5.74, 6) is 0. The van der Waals surface area contributed by atoms with Gasteiger partial charge in [0.05, 0.1) is 16.8 Å². The normalized spacial score (nSPS) is 17.5. The molecule has 142 valence electrons. The molecule has 0 radical (unpaired) electrons. The van der Waals surface area contributed by atoms with Gasteiger partial charge in [0.2, 0.25) is 0 Å². The number of rotatable bonds is 3. The van der Waals surface area contributed by atoms with E-state index in [1.165, 1.54) is 16.6 Å². The smallest absolute Gasteiger partial charge is 0.0939 e. The van der Waals surface area contributed by atoms with Crippen LogP contribution in [0.15, 0.2) is 30.6 Å². The van der Waals surface area contributed by atoms with Crippen LogP contribution in [0.5, 0.6) is 0 Å². The predicted molar refractivity (Wildman–Crippen MR) is 106 cm³/mol. The van der Waals surface area contributed by atoms with Gasteiger partial charge in [0, 0.05) is 74.8 Å². The summed E-state index contributed by atoms with van der Waals surface area (Å²) in [6.45, 7) is 5.64. The Kier molecular flexibility index (Phi) is 4.50. The molecule has 6 heteroatoms. The summed E-state index contributed by atoms with van der Waals surface area (Å²) in [4.78, 5) is 8.99. The number of pyridine rings is 2. The average molecular weight is 365 g/mol. The Hall–Kier alpha value is -2.28. The summed E-state index contributed by atoms with van der Waals surface area (Å²) in [6.07, 6.45) is 4.87. The first kappa shape index (κ1) is 18.1. The van der Waals surface area contributed by atoms with Crippen LogP contribution in [0.3, 0.4) is 0 Å². The van der Waals surface area contributed by atoms with Gasteiger partial charge < -0.3 is 9.67 Å². The summed E-state index contributed by atoms with van der Waals surface area (Å²) in [5.41, 5.74) is 8.94. The lowest BCUT2D eigenvalue weighted by atomic mass is 9.91. The van der Waals surface area contributed by atoms with E-state index in [9.17, 15) is 5.11 Å². The van der Waals surface area contributed by atoms with Gasteiger partial charge in [0.25, 0.3) is 0 Å². The molecule has 3 aromatic rings. The second kappa shape index (κ2) is 6.71. The van der Waals surface area contributed by atoms with E-state index in [4.69, 9.17) is 4.98 Å². The minimum Gasteiger partial charge on any atom is -0.385 e. The van der Waals surface area contributed by atoms with Gasteiger partial charge in [0.15, 0.2) is 0 Å². The summed E-state index contributed by atoms with van der Waals surface area (Å²) in [7, 11) is 4.20. The van der Waals surface area contributed by atoms with Crippen molar-refractivity contribution in [3.05, 3.63) is 58.8 Å². The van der Waals surface area contributed by atoms with Crippen LogP contribution in [-0.2, 0) is 32.0 Å². The lowest BCUT2D eigenvalue weighted by molar-refractivity contribution is 0.0565. The second-order valence-corrected chi connectivity index (χ2v) is 7.80. The lowest BCUT2D eigenvalue weighted by Gasteiger charge is -2.24. The van der Waals surface area contributed by atoms with Crippen molar-refractivity contribution in [2.45, 2.75) is 38.8 Å². The number of nitrogens with zero attached hydrogens (tertiary/aromatic N) is 4. The molecule has 0 aliphatic carbocycles. The Morgan fingerprint density at radius 3 is 2.89 bits per heavy atom. The van der Waals surface area contributed by atoms with Gasteiger partial charge in [-0.05, 0) is 31.5 Å². The third-order valence-electron chi connectivity index (χ3n) is 5.54. The molecule has 0 aromatic carbocycles. The minimum atomic E-state index is -1.03. The average Bonchev–Trinajstić information content (AvgIpc) is 2.77. The maximum Gasteiger partial charge on any atom is 0.0939 e. The molecule has 27 heavy (non-hydrogen) atoms. The topological polar surface area (TPSA) is 66.2 Å². The fourth-order valence-electron chi connectivity index (χ4n) is 4.21. The van der Waals surface area contributed by atoms with Crippen LogP contribution in [0.2, 0.25) is 0 Å². The van der Waals surface area contributed by atoms with Crippen LogP contribution in [0, 0.1) is 6.92 Å².